The molecule has 0 radical (unpaired) electrons. The first-order valence-electron chi connectivity index (χ1n) is 7.00. The monoisotopic (exact) mass is 274 g/mol. The number of pyridine rings is 1. The number of carboxylic acids is 1. The largest absolute Gasteiger partial charge is 0.478 e. The fourth-order valence-corrected chi connectivity index (χ4v) is 2.96. The second-order valence-electron chi connectivity index (χ2n) is 5.20. The zero-order valence-corrected chi connectivity index (χ0v) is 11.5. The van der Waals surface area contributed by atoms with Gasteiger partial charge in [-0.25, -0.2) is 4.79 Å². The summed E-state index contributed by atoms with van der Waals surface area (Å²) < 4.78 is 1.80. The number of nitrogens with zero attached hydrogens (tertiary/aromatic N) is 4. The Hall–Kier alpha value is -1.95. The van der Waals surface area contributed by atoms with Gasteiger partial charge in [0.1, 0.15) is 5.82 Å². The van der Waals surface area contributed by atoms with Crippen molar-refractivity contribution in [2.75, 3.05) is 13.1 Å². The molecule has 0 saturated carbocycles. The molecular weight excluding hydrogens is 256 g/mol. The predicted molar refractivity (Wildman–Crippen MR) is 73.9 cm³/mol. The summed E-state index contributed by atoms with van der Waals surface area (Å²) in [4.78, 5) is 13.5. The molecule has 3 rings (SSSR count). The molecule has 6 nitrogen and oxygen atoms in total. The predicted octanol–water partition coefficient (Wildman–Crippen LogP) is 1.45. The fourth-order valence-electron chi connectivity index (χ4n) is 2.96. The molecule has 1 aliphatic heterocycles. The van der Waals surface area contributed by atoms with Gasteiger partial charge in [-0.15, -0.1) is 10.2 Å². The van der Waals surface area contributed by atoms with Crippen molar-refractivity contribution in [1.29, 1.82) is 0 Å². The Balaban J connectivity index is 1.91. The second kappa shape index (κ2) is 5.20. The molecule has 1 unspecified atom stereocenters. The van der Waals surface area contributed by atoms with Crippen LogP contribution in [0.2, 0.25) is 0 Å². The number of fused-ring (bicyclic) bond motifs is 1. The van der Waals surface area contributed by atoms with Gasteiger partial charge >= 0.3 is 5.97 Å². The summed E-state index contributed by atoms with van der Waals surface area (Å²) in [5, 5.41) is 17.4. The summed E-state index contributed by atoms with van der Waals surface area (Å²) in [5.41, 5.74) is 0.961. The molecule has 0 spiro atoms. The molecule has 1 aliphatic rings. The Bertz CT molecular complexity index is 637. The highest BCUT2D eigenvalue weighted by molar-refractivity contribution is 5.87. The average Bonchev–Trinajstić information content (AvgIpc) is 3.05. The highest BCUT2D eigenvalue weighted by Crippen LogP contribution is 2.20. The van der Waals surface area contributed by atoms with Crippen LogP contribution in [0.1, 0.15) is 35.9 Å². The number of aromatic nitrogens is 3. The topological polar surface area (TPSA) is 70.7 Å². The van der Waals surface area contributed by atoms with Crippen molar-refractivity contribution in [1.82, 2.24) is 19.5 Å². The van der Waals surface area contributed by atoms with Crippen LogP contribution in [0.3, 0.4) is 0 Å². The second-order valence-corrected chi connectivity index (χ2v) is 5.20. The number of carboxylic acid groups (broad SMARTS) is 1. The molecule has 0 aliphatic carbocycles. The molecule has 1 saturated heterocycles. The van der Waals surface area contributed by atoms with Crippen LogP contribution in [0, 0.1) is 0 Å². The van der Waals surface area contributed by atoms with E-state index in [1.807, 2.05) is 0 Å². The van der Waals surface area contributed by atoms with Crippen LogP contribution in [-0.4, -0.2) is 49.7 Å². The molecule has 0 bridgehead atoms. The van der Waals surface area contributed by atoms with E-state index in [0.717, 1.165) is 25.3 Å². The van der Waals surface area contributed by atoms with Gasteiger partial charge in [-0.05, 0) is 38.1 Å². The molecule has 0 aromatic carbocycles. The molecule has 1 fully saturated rings. The summed E-state index contributed by atoms with van der Waals surface area (Å²) in [6.07, 6.45) is 4.81. The van der Waals surface area contributed by atoms with Gasteiger partial charge in [0.15, 0.2) is 5.65 Å². The zero-order valence-electron chi connectivity index (χ0n) is 11.5. The molecule has 20 heavy (non-hydrogen) atoms. The molecule has 106 valence electrons. The van der Waals surface area contributed by atoms with Gasteiger partial charge in [-0.1, -0.05) is 6.92 Å². The van der Waals surface area contributed by atoms with Gasteiger partial charge in [-0.3, -0.25) is 4.40 Å². The number of hydrogen-bond acceptors (Lipinski definition) is 4. The van der Waals surface area contributed by atoms with E-state index >= 15 is 0 Å². The molecule has 1 atom stereocenters. The van der Waals surface area contributed by atoms with Gasteiger partial charge in [0.25, 0.3) is 0 Å². The van der Waals surface area contributed by atoms with Crippen molar-refractivity contribution in [3.8, 4) is 0 Å². The first-order chi connectivity index (χ1) is 9.69. The van der Waals surface area contributed by atoms with Gasteiger partial charge in [0.2, 0.25) is 0 Å². The fraction of sp³-hybridized carbons (Fsp3) is 0.500. The summed E-state index contributed by atoms with van der Waals surface area (Å²) in [6, 6.07) is 3.75. The minimum Gasteiger partial charge on any atom is -0.478 e. The first-order valence-corrected chi connectivity index (χ1v) is 7.00. The molecule has 6 heteroatoms. The summed E-state index contributed by atoms with van der Waals surface area (Å²) >= 11 is 0. The number of aromatic carboxylic acids is 1. The average molecular weight is 274 g/mol. The number of likely N-dealkylation sites (N-methyl/N-ethyl adjacent to an activating group) is 1. The maximum absolute atomic E-state index is 11.1. The lowest BCUT2D eigenvalue weighted by Crippen LogP contribution is -2.31. The quantitative estimate of drug-likeness (QED) is 0.913. The highest BCUT2D eigenvalue weighted by Gasteiger charge is 2.25. The lowest BCUT2D eigenvalue weighted by atomic mass is 10.1. The number of hydrogen-bond donors (Lipinski definition) is 1. The first kappa shape index (κ1) is 13.1. The Labute approximate surface area is 117 Å². The van der Waals surface area contributed by atoms with E-state index in [1.165, 1.54) is 12.8 Å². The van der Waals surface area contributed by atoms with Gasteiger partial charge < -0.3 is 10.0 Å². The van der Waals surface area contributed by atoms with Crippen molar-refractivity contribution in [3.05, 3.63) is 29.7 Å². The normalized spacial score (nSPS) is 19.8. The minimum atomic E-state index is -0.928. The van der Waals surface area contributed by atoms with E-state index in [2.05, 4.69) is 22.0 Å². The van der Waals surface area contributed by atoms with E-state index < -0.39 is 5.97 Å². The molecule has 2 aromatic heterocycles. The van der Waals surface area contributed by atoms with Crippen LogP contribution in [0.25, 0.3) is 5.65 Å². The molecular formula is C14H18N4O2. The molecule has 3 heterocycles. The molecule has 1 N–H and O–H groups in total. The van der Waals surface area contributed by atoms with Crippen LogP contribution < -0.4 is 0 Å². The third-order valence-corrected chi connectivity index (χ3v) is 4.04. The summed E-state index contributed by atoms with van der Waals surface area (Å²) in [5.74, 6) is -0.0870. The van der Waals surface area contributed by atoms with Crippen LogP contribution >= 0.6 is 0 Å². The van der Waals surface area contributed by atoms with Gasteiger partial charge in [0, 0.05) is 18.7 Å². The van der Waals surface area contributed by atoms with E-state index in [-0.39, 0.29) is 5.56 Å². The van der Waals surface area contributed by atoms with E-state index in [9.17, 15) is 4.79 Å². The maximum atomic E-state index is 11.1. The maximum Gasteiger partial charge on any atom is 0.337 e. The summed E-state index contributed by atoms with van der Waals surface area (Å²) in [6.45, 7) is 4.35. The van der Waals surface area contributed by atoms with Gasteiger partial charge in [-0.2, -0.15) is 0 Å². The van der Waals surface area contributed by atoms with Crippen LogP contribution in [0.4, 0.5) is 0 Å². The smallest absolute Gasteiger partial charge is 0.337 e. The van der Waals surface area contributed by atoms with Crippen molar-refractivity contribution in [3.63, 3.8) is 0 Å². The van der Waals surface area contributed by atoms with Crippen LogP contribution in [0.5, 0.6) is 0 Å². The third kappa shape index (κ3) is 2.27. The SMILES string of the molecule is CCN1CCCC1Cc1nnc2ccc(C(=O)O)cn12. The van der Waals surface area contributed by atoms with Crippen molar-refractivity contribution < 1.29 is 9.90 Å². The van der Waals surface area contributed by atoms with Gasteiger partial charge in [0.05, 0.1) is 5.56 Å². The van der Waals surface area contributed by atoms with Crippen molar-refractivity contribution in [2.24, 2.45) is 0 Å². The van der Waals surface area contributed by atoms with Crippen LogP contribution in [-0.2, 0) is 6.42 Å². The summed E-state index contributed by atoms with van der Waals surface area (Å²) in [7, 11) is 0. The minimum absolute atomic E-state index is 0.261. The van der Waals surface area contributed by atoms with E-state index in [4.69, 9.17) is 5.11 Å². The van der Waals surface area contributed by atoms with Crippen LogP contribution in [0.15, 0.2) is 18.3 Å². The zero-order chi connectivity index (χ0) is 14.1. The number of rotatable bonds is 4. The number of likely N-dealkylation sites (tertiary alicyclic amines) is 1. The number of carbonyl (C=O) groups is 1. The molecule has 2 aromatic rings. The third-order valence-electron chi connectivity index (χ3n) is 4.04. The lowest BCUT2D eigenvalue weighted by Gasteiger charge is -2.21. The van der Waals surface area contributed by atoms with Crippen molar-refractivity contribution in [2.45, 2.75) is 32.2 Å². The van der Waals surface area contributed by atoms with Crippen molar-refractivity contribution >= 4 is 11.6 Å². The van der Waals surface area contributed by atoms with E-state index in [1.54, 1.807) is 22.7 Å². The highest BCUT2D eigenvalue weighted by atomic mass is 16.4. The standard InChI is InChI=1S/C14H18N4O2/c1-2-17-7-3-4-11(17)8-13-16-15-12-6-5-10(14(19)20)9-18(12)13/h5-6,9,11H,2-4,7-8H2,1H3,(H,19,20). The Morgan fingerprint density at radius 2 is 2.30 bits per heavy atom. The molecule has 0 amide bonds. The lowest BCUT2D eigenvalue weighted by molar-refractivity contribution is 0.0696. The Kier molecular flexibility index (Phi) is 3.40. The van der Waals surface area contributed by atoms with E-state index in [0.29, 0.717) is 11.7 Å². The Morgan fingerprint density at radius 3 is 3.05 bits per heavy atom. The Morgan fingerprint density at radius 1 is 1.45 bits per heavy atom.